The average Bonchev–Trinajstić information content (AvgIpc) is 2.71. The number of likely N-dealkylation sites (N-methyl/N-ethyl adjacent to an activating group) is 1. The molecule has 6 nitrogen and oxygen atoms in total. The number of hydrogen-bond acceptors (Lipinski definition) is 3. The predicted octanol–water partition coefficient (Wildman–Crippen LogP) is 2.78. The van der Waals surface area contributed by atoms with Gasteiger partial charge in [-0.05, 0) is 35.4 Å². The maximum atomic E-state index is 13.5. The van der Waals surface area contributed by atoms with Crippen molar-refractivity contribution < 1.29 is 22.7 Å². The molecule has 2 aromatic rings. The number of benzene rings is 2. The van der Waals surface area contributed by atoms with Gasteiger partial charge in [0, 0.05) is 27.7 Å². The van der Waals surface area contributed by atoms with E-state index in [1.54, 1.807) is 45.3 Å². The topological polar surface area (TPSA) is 57.2 Å². The van der Waals surface area contributed by atoms with E-state index in [9.17, 15) is 18.0 Å². The molecule has 0 saturated carbocycles. The molecule has 162 valence electrons. The molecular weight excluding hydrogens is 397 g/mol. The maximum absolute atomic E-state index is 13.5. The summed E-state index contributed by atoms with van der Waals surface area (Å²) in [4.78, 5) is 19.5. The lowest BCUT2D eigenvalue weighted by molar-refractivity contribution is -0.127. The quantitative estimate of drug-likeness (QED) is 0.424. The molecule has 0 spiro atoms. The number of methoxy groups -OCH3 is 1. The second-order valence-corrected chi connectivity index (χ2v) is 6.86. The molecule has 0 saturated heterocycles. The lowest BCUT2D eigenvalue weighted by atomic mass is 10.2. The van der Waals surface area contributed by atoms with Crippen LogP contribution in [0.3, 0.4) is 0 Å². The summed E-state index contributed by atoms with van der Waals surface area (Å²) in [5, 5.41) is 2.95. The van der Waals surface area contributed by atoms with Crippen molar-refractivity contribution in [2.75, 3.05) is 34.8 Å². The molecule has 2 rings (SSSR count). The normalized spacial score (nSPS) is 11.2. The molecular formula is C21H25F3N4O2. The molecule has 0 bridgehead atoms. The zero-order valence-electron chi connectivity index (χ0n) is 17.4. The monoisotopic (exact) mass is 422 g/mol. The van der Waals surface area contributed by atoms with Crippen LogP contribution in [0.25, 0.3) is 0 Å². The van der Waals surface area contributed by atoms with Crippen LogP contribution in [0, 0.1) is 17.5 Å². The molecule has 0 atom stereocenters. The highest BCUT2D eigenvalue weighted by molar-refractivity contribution is 5.86. The van der Waals surface area contributed by atoms with E-state index in [0.29, 0.717) is 12.5 Å². The summed E-state index contributed by atoms with van der Waals surface area (Å²) < 4.78 is 45.4. The Bertz CT molecular complexity index is 879. The smallest absolute Gasteiger partial charge is 0.241 e. The first-order valence-electron chi connectivity index (χ1n) is 9.17. The molecule has 0 radical (unpaired) electrons. The zero-order valence-corrected chi connectivity index (χ0v) is 17.4. The number of halogens is 3. The highest BCUT2D eigenvalue weighted by Gasteiger charge is 2.14. The highest BCUT2D eigenvalue weighted by atomic mass is 19.2. The van der Waals surface area contributed by atoms with E-state index >= 15 is 0 Å². The van der Waals surface area contributed by atoms with Crippen molar-refractivity contribution in [2.45, 2.75) is 13.1 Å². The summed E-state index contributed by atoms with van der Waals surface area (Å²) in [6, 6.07) is 9.19. The Kier molecular flexibility index (Phi) is 8.08. The summed E-state index contributed by atoms with van der Waals surface area (Å²) in [6.07, 6.45) is 0. The molecule has 0 heterocycles. The van der Waals surface area contributed by atoms with Crippen molar-refractivity contribution in [3.05, 3.63) is 65.0 Å². The Hall–Kier alpha value is -3.23. The van der Waals surface area contributed by atoms with E-state index in [-0.39, 0.29) is 24.6 Å². The number of carbonyl (C=O) groups is 1. The van der Waals surface area contributed by atoms with Crippen molar-refractivity contribution in [3.8, 4) is 5.75 Å². The van der Waals surface area contributed by atoms with Gasteiger partial charge in [0.25, 0.3) is 0 Å². The Morgan fingerprint density at radius 3 is 2.17 bits per heavy atom. The van der Waals surface area contributed by atoms with Crippen LogP contribution in [0.15, 0.2) is 41.4 Å². The predicted molar refractivity (Wildman–Crippen MR) is 109 cm³/mol. The maximum Gasteiger partial charge on any atom is 0.241 e. The number of carbonyl (C=O) groups excluding carboxylic acids is 1. The van der Waals surface area contributed by atoms with Crippen LogP contribution < -0.4 is 10.1 Å². The summed E-state index contributed by atoms with van der Waals surface area (Å²) in [6.45, 7) is 0.350. The minimum Gasteiger partial charge on any atom is -0.497 e. The molecule has 9 heteroatoms. The van der Waals surface area contributed by atoms with Gasteiger partial charge in [-0.15, -0.1) is 0 Å². The van der Waals surface area contributed by atoms with Gasteiger partial charge in [-0.1, -0.05) is 12.1 Å². The second-order valence-electron chi connectivity index (χ2n) is 6.86. The molecule has 0 aliphatic heterocycles. The molecule has 0 aromatic heterocycles. The van der Waals surface area contributed by atoms with Gasteiger partial charge >= 0.3 is 0 Å². The summed E-state index contributed by atoms with van der Waals surface area (Å²) in [5.74, 6) is -3.12. The Morgan fingerprint density at radius 2 is 1.63 bits per heavy atom. The molecule has 0 aliphatic rings. The average molecular weight is 422 g/mol. The van der Waals surface area contributed by atoms with E-state index in [1.807, 2.05) is 12.1 Å². The van der Waals surface area contributed by atoms with Gasteiger partial charge in [0.05, 0.1) is 20.2 Å². The van der Waals surface area contributed by atoms with Crippen LogP contribution in [0.2, 0.25) is 0 Å². The van der Waals surface area contributed by atoms with E-state index in [2.05, 4.69) is 10.3 Å². The molecule has 1 N–H and O–H groups in total. The molecule has 0 fully saturated rings. The van der Waals surface area contributed by atoms with Gasteiger partial charge in [0.1, 0.15) is 5.75 Å². The minimum absolute atomic E-state index is 0.00900. The fraction of sp³-hybridized carbons (Fsp3) is 0.333. The second kappa shape index (κ2) is 10.5. The largest absolute Gasteiger partial charge is 0.497 e. The molecule has 0 unspecified atom stereocenters. The first-order chi connectivity index (χ1) is 14.2. The third-order valence-electron chi connectivity index (χ3n) is 4.29. The number of nitrogens with zero attached hydrogens (tertiary/aromatic N) is 3. The van der Waals surface area contributed by atoms with E-state index in [0.717, 1.165) is 23.4 Å². The summed E-state index contributed by atoms with van der Waals surface area (Å²) in [5.41, 5.74) is 1.13. The fourth-order valence-electron chi connectivity index (χ4n) is 2.57. The van der Waals surface area contributed by atoms with Crippen molar-refractivity contribution in [1.82, 2.24) is 15.1 Å². The van der Waals surface area contributed by atoms with Crippen LogP contribution in [0.4, 0.5) is 13.2 Å². The van der Waals surface area contributed by atoms with Gasteiger partial charge in [-0.25, -0.2) is 18.2 Å². The number of ether oxygens (including phenoxy) is 1. The zero-order chi connectivity index (χ0) is 22.3. The third kappa shape index (κ3) is 6.40. The van der Waals surface area contributed by atoms with Gasteiger partial charge in [0.2, 0.25) is 5.91 Å². The summed E-state index contributed by atoms with van der Waals surface area (Å²) in [7, 11) is 6.49. The van der Waals surface area contributed by atoms with Crippen LogP contribution in [-0.2, 0) is 17.9 Å². The Labute approximate surface area is 174 Å². The van der Waals surface area contributed by atoms with Gasteiger partial charge in [-0.2, -0.15) is 0 Å². The number of rotatable bonds is 7. The van der Waals surface area contributed by atoms with Crippen LogP contribution in [0.1, 0.15) is 11.1 Å². The first kappa shape index (κ1) is 23.1. The molecule has 2 aromatic carbocycles. The number of amides is 1. The number of hydrogen-bond donors (Lipinski definition) is 1. The Balaban J connectivity index is 2.18. The van der Waals surface area contributed by atoms with Crippen LogP contribution in [-0.4, -0.2) is 56.5 Å². The first-order valence-corrected chi connectivity index (χ1v) is 9.17. The van der Waals surface area contributed by atoms with Crippen LogP contribution >= 0.6 is 0 Å². The number of aliphatic imine (C=N–C) groups is 1. The van der Waals surface area contributed by atoms with Gasteiger partial charge in [0.15, 0.2) is 23.4 Å². The summed E-state index contributed by atoms with van der Waals surface area (Å²) >= 11 is 0. The highest BCUT2D eigenvalue weighted by Crippen LogP contribution is 2.15. The number of guanidine groups is 1. The van der Waals surface area contributed by atoms with E-state index in [1.165, 1.54) is 4.90 Å². The molecule has 0 aliphatic carbocycles. The van der Waals surface area contributed by atoms with Crippen molar-refractivity contribution in [3.63, 3.8) is 0 Å². The minimum atomic E-state index is -1.51. The lowest BCUT2D eigenvalue weighted by Gasteiger charge is -2.23. The standard InChI is InChI=1S/C21H25F3N4O2/c1-27(2)19(29)12-26-21(25-11-14-5-7-16(30-4)8-6-14)28(3)13-15-9-17(22)20(24)18(23)10-15/h5-10H,11-13H2,1-4H3,(H,25,26). The number of nitrogens with one attached hydrogen (secondary N) is 1. The third-order valence-corrected chi connectivity index (χ3v) is 4.29. The van der Waals surface area contributed by atoms with Crippen molar-refractivity contribution in [2.24, 2.45) is 4.99 Å². The van der Waals surface area contributed by atoms with Gasteiger partial charge in [-0.3, -0.25) is 4.79 Å². The van der Waals surface area contributed by atoms with Gasteiger partial charge < -0.3 is 19.9 Å². The SMILES string of the molecule is COc1ccc(CN=C(NCC(=O)N(C)C)N(C)Cc2cc(F)c(F)c(F)c2)cc1. The lowest BCUT2D eigenvalue weighted by Crippen LogP contribution is -2.43. The van der Waals surface area contributed by atoms with E-state index in [4.69, 9.17) is 4.74 Å². The molecule has 30 heavy (non-hydrogen) atoms. The van der Waals surface area contributed by atoms with Crippen LogP contribution in [0.5, 0.6) is 5.75 Å². The fourth-order valence-corrected chi connectivity index (χ4v) is 2.57. The van der Waals surface area contributed by atoms with E-state index < -0.39 is 17.5 Å². The molecule has 1 amide bonds. The Morgan fingerprint density at radius 1 is 1.03 bits per heavy atom. The van der Waals surface area contributed by atoms with Crippen molar-refractivity contribution in [1.29, 1.82) is 0 Å². The van der Waals surface area contributed by atoms with Crippen molar-refractivity contribution >= 4 is 11.9 Å².